The Morgan fingerprint density at radius 2 is 0.714 bits per heavy atom. The number of nitrogens with one attached hydrogen (secondary N) is 4. The summed E-state index contributed by atoms with van der Waals surface area (Å²) in [4.78, 5) is 0. The van der Waals surface area contributed by atoms with E-state index in [9.17, 15) is 0 Å². The van der Waals surface area contributed by atoms with Crippen LogP contribution < -0.4 is 14.2 Å². The molecule has 21 heavy (non-hydrogen) atoms. The van der Waals surface area contributed by atoms with E-state index in [0.717, 1.165) is 26.2 Å². The van der Waals surface area contributed by atoms with Crippen molar-refractivity contribution < 1.29 is 0 Å². The Kier molecular flexibility index (Phi) is 16.0. The fourth-order valence-electron chi connectivity index (χ4n) is 2.19. The number of hydrogen-bond donors (Lipinski definition) is 4. The van der Waals surface area contributed by atoms with Crippen LogP contribution in [-0.4, -0.2) is 45.6 Å². The zero-order valence-electron chi connectivity index (χ0n) is 15.0. The molecule has 0 spiro atoms. The fraction of sp³-hybridized carbons (Fsp3) is 1.00. The van der Waals surface area contributed by atoms with Crippen molar-refractivity contribution in [2.75, 3.05) is 26.2 Å². The van der Waals surface area contributed by atoms with Crippen LogP contribution in [0.5, 0.6) is 0 Å². The van der Waals surface area contributed by atoms with E-state index in [1.54, 1.807) is 0 Å². The van der Waals surface area contributed by atoms with Gasteiger partial charge in [0.25, 0.3) is 0 Å². The molecule has 4 nitrogen and oxygen atoms in total. The molecule has 0 aliphatic carbocycles. The molecule has 0 fully saturated rings. The van der Waals surface area contributed by atoms with Crippen LogP contribution in [0, 0.1) is 0 Å². The molecule has 0 bridgehead atoms. The standard InChI is InChI=1S/4C4H10N.Sn/c4*1-2-3-4-5;/h4*5H,2-4H2,1H3;/q4*-1;+4. The van der Waals surface area contributed by atoms with Gasteiger partial charge in [-0.3, -0.25) is 0 Å². The Morgan fingerprint density at radius 3 is 0.905 bits per heavy atom. The third-order valence-corrected chi connectivity index (χ3v) is 12.6. The average Bonchev–Trinajstić information content (AvgIpc) is 2.48. The molecule has 0 aromatic rings. The van der Waals surface area contributed by atoms with Gasteiger partial charge in [-0.2, -0.15) is 0 Å². The molecule has 0 saturated heterocycles. The first-order chi connectivity index (χ1) is 10.2. The van der Waals surface area contributed by atoms with Crippen LogP contribution in [-0.2, 0) is 0 Å². The zero-order valence-corrected chi connectivity index (χ0v) is 17.8. The van der Waals surface area contributed by atoms with E-state index in [4.69, 9.17) is 0 Å². The molecule has 128 valence electrons. The van der Waals surface area contributed by atoms with E-state index in [0.29, 0.717) is 0 Å². The second kappa shape index (κ2) is 15.5. The molecule has 0 rings (SSSR count). The zero-order chi connectivity index (χ0) is 15.8. The summed E-state index contributed by atoms with van der Waals surface area (Å²) in [6, 6.07) is 0. The van der Waals surface area contributed by atoms with Gasteiger partial charge in [0.2, 0.25) is 0 Å². The van der Waals surface area contributed by atoms with Crippen LogP contribution in [0.15, 0.2) is 0 Å². The first kappa shape index (κ1) is 21.6. The molecule has 0 aromatic carbocycles. The van der Waals surface area contributed by atoms with Crippen LogP contribution in [0.4, 0.5) is 0 Å². The van der Waals surface area contributed by atoms with Gasteiger partial charge in [-0.25, -0.2) is 0 Å². The first-order valence-electron chi connectivity index (χ1n) is 9.24. The van der Waals surface area contributed by atoms with Gasteiger partial charge in [0.05, 0.1) is 0 Å². The van der Waals surface area contributed by atoms with Crippen molar-refractivity contribution in [1.29, 1.82) is 0 Å². The summed E-state index contributed by atoms with van der Waals surface area (Å²) in [5, 5.41) is 0. The van der Waals surface area contributed by atoms with Gasteiger partial charge in [0.15, 0.2) is 0 Å². The Morgan fingerprint density at radius 1 is 0.476 bits per heavy atom. The van der Waals surface area contributed by atoms with Gasteiger partial charge < -0.3 is 0 Å². The summed E-state index contributed by atoms with van der Waals surface area (Å²) in [5.41, 5.74) is 0. The molecule has 0 radical (unpaired) electrons. The fourth-order valence-corrected chi connectivity index (χ4v) is 10.6. The molecule has 0 heterocycles. The van der Waals surface area contributed by atoms with Gasteiger partial charge in [-0.1, -0.05) is 0 Å². The molecule has 5 heteroatoms. The number of rotatable bonds is 16. The molecule has 0 amide bonds. The molecule has 0 aliphatic heterocycles. The summed E-state index contributed by atoms with van der Waals surface area (Å²) >= 11 is -2.79. The van der Waals surface area contributed by atoms with E-state index in [2.05, 4.69) is 41.8 Å². The summed E-state index contributed by atoms with van der Waals surface area (Å²) in [7, 11) is 0. The van der Waals surface area contributed by atoms with E-state index in [1.807, 2.05) is 0 Å². The Labute approximate surface area is 138 Å². The van der Waals surface area contributed by atoms with E-state index < -0.39 is 19.5 Å². The summed E-state index contributed by atoms with van der Waals surface area (Å²) in [6.45, 7) is 13.6. The van der Waals surface area contributed by atoms with E-state index in [-0.39, 0.29) is 0 Å². The molecule has 0 aromatic heterocycles. The van der Waals surface area contributed by atoms with Crippen molar-refractivity contribution in [2.45, 2.75) is 79.1 Å². The Balaban J connectivity index is 4.52. The van der Waals surface area contributed by atoms with Gasteiger partial charge in [-0.05, 0) is 0 Å². The first-order valence-corrected chi connectivity index (χ1v) is 15.0. The van der Waals surface area contributed by atoms with Gasteiger partial charge in [0.1, 0.15) is 0 Å². The second-order valence-corrected chi connectivity index (χ2v) is 14.2. The van der Waals surface area contributed by atoms with Crippen molar-refractivity contribution >= 4 is 19.5 Å². The van der Waals surface area contributed by atoms with Crippen LogP contribution in [0.2, 0.25) is 0 Å². The topological polar surface area (TPSA) is 48.1 Å². The van der Waals surface area contributed by atoms with Crippen LogP contribution in [0.25, 0.3) is 0 Å². The van der Waals surface area contributed by atoms with Crippen molar-refractivity contribution in [3.8, 4) is 0 Å². The van der Waals surface area contributed by atoms with Gasteiger partial charge >= 0.3 is 139 Å². The predicted octanol–water partition coefficient (Wildman–Crippen LogP) is 2.98. The van der Waals surface area contributed by atoms with Gasteiger partial charge in [0, 0.05) is 0 Å². The normalized spacial score (nSPS) is 12.0. The van der Waals surface area contributed by atoms with Gasteiger partial charge in [-0.15, -0.1) is 0 Å². The molecular weight excluding hydrogens is 367 g/mol. The molecule has 0 aliphatic rings. The number of hydrogen-bond acceptors (Lipinski definition) is 4. The van der Waals surface area contributed by atoms with Crippen LogP contribution >= 0.6 is 0 Å². The Hall–Kier alpha value is 0.639. The van der Waals surface area contributed by atoms with E-state index >= 15 is 0 Å². The van der Waals surface area contributed by atoms with Crippen molar-refractivity contribution in [3.63, 3.8) is 0 Å². The maximum atomic E-state index is 3.89. The third-order valence-electron chi connectivity index (χ3n) is 3.68. The molecular formula is C16H40N4Sn. The Bertz CT molecular complexity index is 169. The van der Waals surface area contributed by atoms with Crippen molar-refractivity contribution in [3.05, 3.63) is 0 Å². The van der Waals surface area contributed by atoms with Crippen LogP contribution in [0.1, 0.15) is 79.1 Å². The molecule has 0 saturated carbocycles. The molecule has 4 N–H and O–H groups in total. The SMILES string of the molecule is CCCC[NH][Sn]([NH]CCCC)([NH]CCCC)[NH]CCCC. The molecule has 0 unspecified atom stereocenters. The average molecular weight is 407 g/mol. The summed E-state index contributed by atoms with van der Waals surface area (Å²) in [6.07, 6.45) is 10.1. The summed E-state index contributed by atoms with van der Waals surface area (Å²) < 4.78 is 15.6. The van der Waals surface area contributed by atoms with Crippen molar-refractivity contribution in [2.24, 2.45) is 0 Å². The second-order valence-electron chi connectivity index (χ2n) is 5.87. The monoisotopic (exact) mass is 408 g/mol. The molecule has 0 atom stereocenters. The third kappa shape index (κ3) is 11.8. The quantitative estimate of drug-likeness (QED) is 0.235. The minimum absolute atomic E-state index is 1.13. The summed E-state index contributed by atoms with van der Waals surface area (Å²) in [5.74, 6) is 0. The van der Waals surface area contributed by atoms with Crippen molar-refractivity contribution in [1.82, 2.24) is 14.2 Å². The maximum absolute atomic E-state index is 3.89. The minimum atomic E-state index is -2.79. The predicted molar refractivity (Wildman–Crippen MR) is 97.4 cm³/mol. The van der Waals surface area contributed by atoms with Crippen LogP contribution in [0.3, 0.4) is 0 Å². The van der Waals surface area contributed by atoms with E-state index in [1.165, 1.54) is 51.4 Å². The number of unbranched alkanes of at least 4 members (excludes halogenated alkanes) is 4.